The van der Waals surface area contributed by atoms with Crippen molar-refractivity contribution < 1.29 is 27.5 Å². The Hall–Kier alpha value is -3.47. The molecule has 0 aromatic heterocycles. The second-order valence-electron chi connectivity index (χ2n) is 10.7. The third-order valence-electron chi connectivity index (χ3n) is 7.72. The molecule has 0 spiro atoms. The molecule has 1 aliphatic carbocycles. The molecule has 9 nitrogen and oxygen atoms in total. The van der Waals surface area contributed by atoms with Crippen molar-refractivity contribution in [1.29, 1.82) is 0 Å². The lowest BCUT2D eigenvalue weighted by Crippen LogP contribution is -2.53. The van der Waals surface area contributed by atoms with Gasteiger partial charge in [-0.1, -0.05) is 66.7 Å². The minimum absolute atomic E-state index is 0.0105. The Morgan fingerprint density at radius 1 is 0.932 bits per heavy atom. The van der Waals surface area contributed by atoms with Crippen molar-refractivity contribution in [2.75, 3.05) is 25.1 Å². The normalized spacial score (nSPS) is 14.4. The summed E-state index contributed by atoms with van der Waals surface area (Å²) in [7, 11) is -1.41. The summed E-state index contributed by atoms with van der Waals surface area (Å²) in [5, 5.41) is 3.73. The van der Waals surface area contributed by atoms with E-state index in [2.05, 4.69) is 5.32 Å². The van der Waals surface area contributed by atoms with Crippen LogP contribution in [0.25, 0.3) is 0 Å². The van der Waals surface area contributed by atoms with Crippen molar-refractivity contribution >= 4 is 50.7 Å². The highest BCUT2D eigenvalue weighted by atomic mass is 35.5. The first kappa shape index (κ1) is 33.4. The zero-order valence-corrected chi connectivity index (χ0v) is 27.3. The van der Waals surface area contributed by atoms with Crippen LogP contribution < -0.4 is 19.1 Å². The lowest BCUT2D eigenvalue weighted by Gasteiger charge is -2.33. The van der Waals surface area contributed by atoms with E-state index in [9.17, 15) is 18.0 Å². The lowest BCUT2D eigenvalue weighted by molar-refractivity contribution is -0.139. The van der Waals surface area contributed by atoms with Crippen molar-refractivity contribution in [3.63, 3.8) is 0 Å². The topological polar surface area (TPSA) is 105 Å². The quantitative estimate of drug-likeness (QED) is 0.253. The first-order valence-corrected chi connectivity index (χ1v) is 16.6. The van der Waals surface area contributed by atoms with Crippen LogP contribution in [0.1, 0.15) is 44.6 Å². The molecule has 0 saturated heterocycles. The van der Waals surface area contributed by atoms with Crippen LogP contribution in [0.3, 0.4) is 0 Å². The van der Waals surface area contributed by atoms with E-state index in [-0.39, 0.29) is 34.8 Å². The number of halogens is 2. The summed E-state index contributed by atoms with van der Waals surface area (Å²) in [4.78, 5) is 29.1. The van der Waals surface area contributed by atoms with Gasteiger partial charge < -0.3 is 19.7 Å². The molecule has 3 aromatic rings. The van der Waals surface area contributed by atoms with E-state index in [0.717, 1.165) is 36.4 Å². The molecule has 44 heavy (non-hydrogen) atoms. The second-order valence-corrected chi connectivity index (χ2v) is 13.3. The monoisotopic (exact) mass is 661 g/mol. The predicted molar refractivity (Wildman–Crippen MR) is 172 cm³/mol. The van der Waals surface area contributed by atoms with Crippen molar-refractivity contribution in [3.05, 3.63) is 82.3 Å². The van der Waals surface area contributed by atoms with Crippen molar-refractivity contribution in [3.8, 4) is 11.5 Å². The van der Waals surface area contributed by atoms with E-state index in [1.54, 1.807) is 55.5 Å². The highest BCUT2D eigenvalue weighted by molar-refractivity contribution is 7.92. The molecule has 1 N–H and O–H groups in total. The number of sulfonamides is 1. The third-order valence-corrected chi connectivity index (χ3v) is 10.2. The van der Waals surface area contributed by atoms with Crippen LogP contribution in [0.2, 0.25) is 10.0 Å². The maximum Gasteiger partial charge on any atom is 0.264 e. The molecule has 12 heteroatoms. The molecule has 1 atom stereocenters. The number of carbonyl (C=O) groups is 2. The summed E-state index contributed by atoms with van der Waals surface area (Å²) >= 11 is 12.4. The van der Waals surface area contributed by atoms with Gasteiger partial charge in [0.25, 0.3) is 10.0 Å². The maximum atomic E-state index is 14.3. The lowest BCUT2D eigenvalue weighted by atomic mass is 9.95. The number of hydrogen-bond acceptors (Lipinski definition) is 6. The number of methoxy groups -OCH3 is 2. The summed E-state index contributed by atoms with van der Waals surface area (Å²) in [6.45, 7) is 1.00. The van der Waals surface area contributed by atoms with E-state index < -0.39 is 28.5 Å². The molecular weight excluding hydrogens is 625 g/mol. The Morgan fingerprint density at radius 3 is 2.27 bits per heavy atom. The largest absolute Gasteiger partial charge is 0.497 e. The Kier molecular flexibility index (Phi) is 11.4. The minimum atomic E-state index is -4.28. The fraction of sp³-hybridized carbons (Fsp3) is 0.375. The van der Waals surface area contributed by atoms with Crippen LogP contribution in [0.4, 0.5) is 5.69 Å². The Morgan fingerprint density at radius 2 is 1.64 bits per heavy atom. The van der Waals surface area contributed by atoms with Gasteiger partial charge >= 0.3 is 0 Å². The Labute approximate surface area is 269 Å². The average Bonchev–Trinajstić information content (AvgIpc) is 3.04. The summed E-state index contributed by atoms with van der Waals surface area (Å²) in [6.07, 6.45) is 4.93. The van der Waals surface area contributed by atoms with Crippen LogP contribution in [0.5, 0.6) is 11.5 Å². The number of nitrogens with one attached hydrogen (secondary N) is 1. The van der Waals surface area contributed by atoms with E-state index in [0.29, 0.717) is 21.4 Å². The molecule has 0 heterocycles. The van der Waals surface area contributed by atoms with Gasteiger partial charge in [0.2, 0.25) is 11.8 Å². The highest BCUT2D eigenvalue weighted by Gasteiger charge is 2.34. The smallest absolute Gasteiger partial charge is 0.264 e. The first-order chi connectivity index (χ1) is 21.0. The fourth-order valence-electron chi connectivity index (χ4n) is 5.21. The fourth-order valence-corrected chi connectivity index (χ4v) is 6.97. The summed E-state index contributed by atoms with van der Waals surface area (Å²) in [6, 6.07) is 16.6. The van der Waals surface area contributed by atoms with Gasteiger partial charge in [0, 0.05) is 18.7 Å². The van der Waals surface area contributed by atoms with Gasteiger partial charge in [0.05, 0.1) is 34.8 Å². The zero-order chi connectivity index (χ0) is 31.9. The number of anilines is 1. The van der Waals surface area contributed by atoms with Gasteiger partial charge in [0.1, 0.15) is 24.1 Å². The van der Waals surface area contributed by atoms with E-state index in [4.69, 9.17) is 32.7 Å². The van der Waals surface area contributed by atoms with Gasteiger partial charge in [-0.15, -0.1) is 0 Å². The summed E-state index contributed by atoms with van der Waals surface area (Å²) < 4.78 is 40.1. The zero-order valence-electron chi connectivity index (χ0n) is 25.0. The molecule has 2 amide bonds. The van der Waals surface area contributed by atoms with Crippen LogP contribution in [-0.4, -0.2) is 58.0 Å². The standard InChI is InChI=1S/C32H37Cl2N3O6S/c1-22(32(39)35-24-10-6-4-7-11-24)36(20-23-14-16-27(33)28(34)18-23)31(38)21-37(44(40,41)26-12-8-5-9-13-26)29-19-25(42-2)15-17-30(29)43-3/h5,8-9,12-19,22,24H,4,6-7,10-11,20-21H2,1-3H3,(H,35,39)/t22-/m1/s1. The number of hydrogen-bond donors (Lipinski definition) is 1. The number of ether oxygens (including phenoxy) is 2. The maximum absolute atomic E-state index is 14.3. The van der Waals surface area contributed by atoms with Gasteiger partial charge in [-0.2, -0.15) is 0 Å². The first-order valence-electron chi connectivity index (χ1n) is 14.4. The average molecular weight is 663 g/mol. The van der Waals surface area contributed by atoms with Crippen molar-refractivity contribution in [2.24, 2.45) is 0 Å². The molecule has 3 aromatic carbocycles. The van der Waals surface area contributed by atoms with Crippen LogP contribution >= 0.6 is 23.2 Å². The third kappa shape index (κ3) is 7.97. The van der Waals surface area contributed by atoms with E-state index >= 15 is 0 Å². The number of carbonyl (C=O) groups excluding carboxylic acids is 2. The molecule has 4 rings (SSSR count). The molecule has 0 radical (unpaired) electrons. The molecule has 236 valence electrons. The molecule has 1 saturated carbocycles. The number of nitrogens with zero attached hydrogens (tertiary/aromatic N) is 2. The van der Waals surface area contributed by atoms with Gasteiger partial charge in [-0.25, -0.2) is 8.42 Å². The van der Waals surface area contributed by atoms with Crippen molar-refractivity contribution in [2.45, 2.75) is 62.6 Å². The minimum Gasteiger partial charge on any atom is -0.497 e. The van der Waals surface area contributed by atoms with E-state index in [1.165, 1.54) is 37.3 Å². The van der Waals surface area contributed by atoms with Gasteiger partial charge in [-0.05, 0) is 61.7 Å². The second kappa shape index (κ2) is 15.0. The summed E-state index contributed by atoms with van der Waals surface area (Å²) in [5.41, 5.74) is 0.736. The van der Waals surface area contributed by atoms with Crippen molar-refractivity contribution in [1.82, 2.24) is 10.2 Å². The molecule has 1 aliphatic rings. The van der Waals surface area contributed by atoms with Crippen LogP contribution in [0.15, 0.2) is 71.6 Å². The number of amides is 2. The highest BCUT2D eigenvalue weighted by Crippen LogP contribution is 2.36. The molecule has 1 fully saturated rings. The molecular formula is C32H37Cl2N3O6S. The van der Waals surface area contributed by atoms with Crippen LogP contribution in [0, 0.1) is 0 Å². The predicted octanol–water partition coefficient (Wildman–Crippen LogP) is 6.07. The Bertz CT molecular complexity index is 1570. The molecule has 0 aliphatic heterocycles. The molecule has 0 bridgehead atoms. The van der Waals surface area contributed by atoms with Gasteiger partial charge in [0.15, 0.2) is 0 Å². The van der Waals surface area contributed by atoms with Crippen LogP contribution in [-0.2, 0) is 26.2 Å². The number of rotatable bonds is 12. The molecule has 0 unspecified atom stereocenters. The SMILES string of the molecule is COc1ccc(OC)c(N(CC(=O)N(Cc2ccc(Cl)c(Cl)c2)[C@H](C)C(=O)NC2CCCCC2)S(=O)(=O)c2ccccc2)c1. The van der Waals surface area contributed by atoms with E-state index in [1.807, 2.05) is 0 Å². The number of benzene rings is 3. The Balaban J connectivity index is 1.75. The summed E-state index contributed by atoms with van der Waals surface area (Å²) in [5.74, 6) is -0.333. The van der Waals surface area contributed by atoms with Gasteiger partial charge in [-0.3, -0.25) is 13.9 Å².